The number of halogens is 2. The molecule has 8 nitrogen and oxygen atoms in total. The highest BCUT2D eigenvalue weighted by Crippen LogP contribution is 2.30. The van der Waals surface area contributed by atoms with Gasteiger partial charge in [-0.1, -0.05) is 85.7 Å². The van der Waals surface area contributed by atoms with E-state index in [0.717, 1.165) is 23.8 Å². The Kier molecular flexibility index (Phi) is 15.1. The van der Waals surface area contributed by atoms with Crippen molar-refractivity contribution in [1.29, 1.82) is 0 Å². The number of aliphatic hydroxyl groups is 1. The van der Waals surface area contributed by atoms with Gasteiger partial charge in [0.05, 0.1) is 19.3 Å². The van der Waals surface area contributed by atoms with Gasteiger partial charge >= 0.3 is 0 Å². The maximum absolute atomic E-state index is 14.4. The third kappa shape index (κ3) is 14.3. The second-order valence-corrected chi connectivity index (χ2v) is 15.5. The van der Waals surface area contributed by atoms with E-state index in [9.17, 15) is 33.1 Å². The molecule has 2 aromatic carbocycles. The molecule has 1 unspecified atom stereocenters. The minimum atomic E-state index is -1.49. The third-order valence-electron chi connectivity index (χ3n) is 8.21. The molecular weight excluding hydrogens is 618 g/mol. The van der Waals surface area contributed by atoms with Crippen molar-refractivity contribution in [3.8, 4) is 0 Å². The highest BCUT2D eigenvalue weighted by atomic mass is 19.1. The Morgan fingerprint density at radius 2 is 1.40 bits per heavy atom. The number of amides is 2. The topological polar surface area (TPSA) is 122 Å². The molecule has 0 aromatic heterocycles. The Morgan fingerprint density at radius 1 is 0.812 bits per heavy atom. The lowest BCUT2D eigenvalue weighted by Crippen LogP contribution is -2.52. The zero-order chi connectivity index (χ0) is 36.3. The van der Waals surface area contributed by atoms with Gasteiger partial charge in [0, 0.05) is 36.1 Å². The maximum atomic E-state index is 14.4. The number of Topliss-reactive ketones (excluding diaryl/α,β-unsaturated/α-hetero) is 2. The molecule has 0 bridgehead atoms. The Balaban J connectivity index is 2.00. The Hall–Kier alpha value is -3.50. The van der Waals surface area contributed by atoms with Crippen molar-refractivity contribution in [3.63, 3.8) is 0 Å². The zero-order valence-electron chi connectivity index (χ0n) is 29.8. The van der Waals surface area contributed by atoms with Gasteiger partial charge in [-0.15, -0.1) is 0 Å². The standard InChI is InChI=1S/C38H54F2N2O6/c1-36(2,3)34(46)41-28(21-26-20-27(39)14-15-30(26)40)22-29(43)16-18-38(7,8)19-17-32(44)33(45)31(42-35(47)37(4,5)6)24-48-23-25-12-10-9-11-13-25/h9-15,20,28,31,33,45H,16-19,21-24H2,1-8H3,(H,41,46)(H,42,47)/t28?,31-,33+/m1/s1. The molecule has 0 spiro atoms. The van der Waals surface area contributed by atoms with Crippen molar-refractivity contribution in [1.82, 2.24) is 10.6 Å². The number of carbonyl (C=O) groups is 4. The van der Waals surface area contributed by atoms with Gasteiger partial charge in [0.15, 0.2) is 5.78 Å². The van der Waals surface area contributed by atoms with Crippen molar-refractivity contribution in [2.45, 2.75) is 119 Å². The first-order valence-electron chi connectivity index (χ1n) is 16.6. The summed E-state index contributed by atoms with van der Waals surface area (Å²) >= 11 is 0. The number of carbonyl (C=O) groups excluding carboxylic acids is 4. The molecule has 0 aliphatic heterocycles. The summed E-state index contributed by atoms with van der Waals surface area (Å²) in [7, 11) is 0. The molecule has 0 heterocycles. The number of ether oxygens (including phenoxy) is 1. The fourth-order valence-electron chi connectivity index (χ4n) is 4.83. The van der Waals surface area contributed by atoms with Gasteiger partial charge in [0.1, 0.15) is 23.5 Å². The number of rotatable bonds is 18. The molecule has 0 saturated carbocycles. The van der Waals surface area contributed by atoms with Gasteiger partial charge in [0.25, 0.3) is 0 Å². The summed E-state index contributed by atoms with van der Waals surface area (Å²) in [6.45, 7) is 14.4. The van der Waals surface area contributed by atoms with E-state index < -0.39 is 51.9 Å². The zero-order valence-corrected chi connectivity index (χ0v) is 29.8. The lowest BCUT2D eigenvalue weighted by Gasteiger charge is -2.29. The fraction of sp³-hybridized carbons (Fsp3) is 0.579. The van der Waals surface area contributed by atoms with Crippen LogP contribution in [-0.4, -0.2) is 53.3 Å². The molecule has 2 amide bonds. The Labute approximate surface area is 284 Å². The van der Waals surface area contributed by atoms with Crippen molar-refractivity contribution in [3.05, 3.63) is 71.3 Å². The van der Waals surface area contributed by atoms with Crippen LogP contribution in [0.3, 0.4) is 0 Å². The predicted octanol–water partition coefficient (Wildman–Crippen LogP) is 6.26. The first kappa shape index (κ1) is 40.7. The summed E-state index contributed by atoms with van der Waals surface area (Å²) in [5.74, 6) is -2.46. The summed E-state index contributed by atoms with van der Waals surface area (Å²) < 4.78 is 34.0. The van der Waals surface area contributed by atoms with Crippen LogP contribution in [0.2, 0.25) is 0 Å². The third-order valence-corrected chi connectivity index (χ3v) is 8.21. The molecule has 10 heteroatoms. The van der Waals surface area contributed by atoms with Gasteiger partial charge in [-0.25, -0.2) is 8.78 Å². The molecular formula is C38H54F2N2O6. The van der Waals surface area contributed by atoms with Crippen molar-refractivity contribution >= 4 is 23.4 Å². The molecule has 0 saturated heterocycles. The van der Waals surface area contributed by atoms with E-state index in [1.54, 1.807) is 41.5 Å². The van der Waals surface area contributed by atoms with E-state index >= 15 is 0 Å². The molecule has 0 aliphatic rings. The SMILES string of the molecule is CC(C)(CCC(=O)CC(Cc1cc(F)ccc1F)NC(=O)C(C)(C)C)CCC(=O)[C@@H](O)[C@@H](COCc1ccccc1)NC(=O)C(C)(C)C. The second kappa shape index (κ2) is 17.8. The van der Waals surface area contributed by atoms with Crippen LogP contribution >= 0.6 is 0 Å². The Bertz CT molecular complexity index is 1380. The van der Waals surface area contributed by atoms with E-state index in [4.69, 9.17) is 4.74 Å². The molecule has 2 rings (SSSR count). The van der Waals surface area contributed by atoms with Crippen LogP contribution in [0.5, 0.6) is 0 Å². The summed E-state index contributed by atoms with van der Waals surface area (Å²) in [6, 6.07) is 10.9. The molecule has 2 aromatic rings. The van der Waals surface area contributed by atoms with Gasteiger partial charge in [-0.05, 0) is 54.0 Å². The van der Waals surface area contributed by atoms with E-state index in [2.05, 4.69) is 10.6 Å². The van der Waals surface area contributed by atoms with Crippen molar-refractivity contribution < 1.29 is 37.8 Å². The van der Waals surface area contributed by atoms with Gasteiger partial charge in [-0.3, -0.25) is 19.2 Å². The molecule has 0 fully saturated rings. The highest BCUT2D eigenvalue weighted by molar-refractivity contribution is 5.86. The normalized spacial score (nSPS) is 14.1. The van der Waals surface area contributed by atoms with E-state index in [1.807, 2.05) is 44.2 Å². The van der Waals surface area contributed by atoms with Crippen LogP contribution in [0.25, 0.3) is 0 Å². The summed E-state index contributed by atoms with van der Waals surface area (Å²) in [4.78, 5) is 51.7. The van der Waals surface area contributed by atoms with Gasteiger partial charge in [0.2, 0.25) is 11.8 Å². The molecule has 0 radical (unpaired) electrons. The largest absolute Gasteiger partial charge is 0.383 e. The van der Waals surface area contributed by atoms with Crippen LogP contribution in [0, 0.1) is 27.9 Å². The van der Waals surface area contributed by atoms with Crippen LogP contribution in [0.4, 0.5) is 8.78 Å². The van der Waals surface area contributed by atoms with Crippen LogP contribution in [0.15, 0.2) is 48.5 Å². The number of hydrogen-bond acceptors (Lipinski definition) is 6. The van der Waals surface area contributed by atoms with Gasteiger partial charge < -0.3 is 20.5 Å². The first-order valence-corrected chi connectivity index (χ1v) is 16.6. The summed E-state index contributed by atoms with van der Waals surface area (Å²) in [5, 5.41) is 16.6. The molecule has 266 valence electrons. The number of benzene rings is 2. The minimum absolute atomic E-state index is 0.0199. The predicted molar refractivity (Wildman–Crippen MR) is 182 cm³/mol. The summed E-state index contributed by atoms with van der Waals surface area (Å²) in [6.07, 6.45) is -0.632. The van der Waals surface area contributed by atoms with E-state index in [1.165, 1.54) is 0 Å². The number of hydrogen-bond donors (Lipinski definition) is 3. The van der Waals surface area contributed by atoms with E-state index in [-0.39, 0.29) is 62.1 Å². The molecule has 0 aliphatic carbocycles. The molecule has 3 N–H and O–H groups in total. The summed E-state index contributed by atoms with van der Waals surface area (Å²) in [5.41, 5.74) is -0.961. The van der Waals surface area contributed by atoms with Gasteiger partial charge in [-0.2, -0.15) is 0 Å². The average Bonchev–Trinajstić information content (AvgIpc) is 2.99. The lowest BCUT2D eigenvalue weighted by atomic mass is 9.80. The number of nitrogens with one attached hydrogen (secondary N) is 2. The number of aliphatic hydroxyl groups excluding tert-OH is 1. The van der Waals surface area contributed by atoms with Crippen LogP contribution in [-0.2, 0) is 36.9 Å². The van der Waals surface area contributed by atoms with Crippen molar-refractivity contribution in [2.24, 2.45) is 16.2 Å². The Morgan fingerprint density at radius 3 is 2.00 bits per heavy atom. The minimum Gasteiger partial charge on any atom is -0.383 e. The first-order chi connectivity index (χ1) is 22.2. The monoisotopic (exact) mass is 672 g/mol. The van der Waals surface area contributed by atoms with Crippen LogP contribution < -0.4 is 10.6 Å². The smallest absolute Gasteiger partial charge is 0.225 e. The van der Waals surface area contributed by atoms with Crippen molar-refractivity contribution in [2.75, 3.05) is 6.61 Å². The second-order valence-electron chi connectivity index (χ2n) is 15.5. The average molecular weight is 673 g/mol. The highest BCUT2D eigenvalue weighted by Gasteiger charge is 2.33. The molecule has 48 heavy (non-hydrogen) atoms. The fourth-order valence-corrected chi connectivity index (χ4v) is 4.83. The van der Waals surface area contributed by atoms with E-state index in [0.29, 0.717) is 12.8 Å². The number of ketones is 2. The lowest BCUT2D eigenvalue weighted by molar-refractivity contribution is -0.135. The van der Waals surface area contributed by atoms with Crippen LogP contribution in [0.1, 0.15) is 98.6 Å². The quantitative estimate of drug-likeness (QED) is 0.172. The maximum Gasteiger partial charge on any atom is 0.225 e. The molecule has 3 atom stereocenters.